The molecule has 37 heavy (non-hydrogen) atoms. The second-order valence-electron chi connectivity index (χ2n) is 9.45. The van der Waals surface area contributed by atoms with E-state index in [4.69, 9.17) is 9.47 Å². The van der Waals surface area contributed by atoms with Crippen molar-refractivity contribution in [1.82, 2.24) is 4.90 Å². The summed E-state index contributed by atoms with van der Waals surface area (Å²) in [5.74, 6) is -0.260. The molecule has 0 unspecified atom stereocenters. The first kappa shape index (κ1) is 28.0. The number of carbonyl (C=O) groups is 3. The predicted octanol–water partition coefficient (Wildman–Crippen LogP) is 5.44. The highest BCUT2D eigenvalue weighted by molar-refractivity contribution is 6.12. The van der Waals surface area contributed by atoms with Crippen LogP contribution in [0.15, 0.2) is 36.4 Å². The van der Waals surface area contributed by atoms with Crippen molar-refractivity contribution in [2.75, 3.05) is 24.6 Å². The van der Waals surface area contributed by atoms with Crippen LogP contribution in [-0.2, 0) is 26.9 Å². The third kappa shape index (κ3) is 6.42. The Labute approximate surface area is 214 Å². The van der Waals surface area contributed by atoms with E-state index in [0.29, 0.717) is 18.6 Å². The molecule has 200 valence electrons. The van der Waals surface area contributed by atoms with Crippen molar-refractivity contribution < 1.29 is 37.0 Å². The van der Waals surface area contributed by atoms with Crippen LogP contribution >= 0.6 is 0 Å². The number of amides is 3. The van der Waals surface area contributed by atoms with Crippen LogP contribution in [0.5, 0.6) is 5.75 Å². The number of ether oxygens (including phenoxy) is 2. The fourth-order valence-electron chi connectivity index (χ4n) is 4.18. The van der Waals surface area contributed by atoms with E-state index in [1.807, 2.05) is 26.0 Å². The molecule has 3 rings (SSSR count). The molecule has 10 heteroatoms. The van der Waals surface area contributed by atoms with Crippen LogP contribution in [0.4, 0.5) is 23.7 Å². The molecule has 0 N–H and O–H groups in total. The molecule has 1 saturated heterocycles. The standard InChI is InChI=1S/C27H31F3N2O5/c1-6-36-24(34)26(4,5)37-23-17(2)14-19(15-18(23)3)8-7-13-31-22(33)16-32(25(31)35)21-11-9-20(10-12-21)27(28,29)30/h9-12,14-15H,6-8,13,16H2,1-5H3. The van der Waals surface area contributed by atoms with E-state index in [1.165, 1.54) is 17.0 Å². The number of urea groups is 1. The summed E-state index contributed by atoms with van der Waals surface area (Å²) >= 11 is 0. The largest absolute Gasteiger partial charge is 0.476 e. The Morgan fingerprint density at radius 3 is 2.16 bits per heavy atom. The van der Waals surface area contributed by atoms with Gasteiger partial charge in [-0.25, -0.2) is 9.59 Å². The first-order valence-corrected chi connectivity index (χ1v) is 12.0. The quantitative estimate of drug-likeness (QED) is 0.325. The molecule has 1 aliphatic rings. The molecule has 2 aromatic carbocycles. The van der Waals surface area contributed by atoms with Gasteiger partial charge >= 0.3 is 18.2 Å². The molecule has 0 radical (unpaired) electrons. The summed E-state index contributed by atoms with van der Waals surface area (Å²) in [6.07, 6.45) is -3.39. The minimum absolute atomic E-state index is 0.182. The normalized spacial score (nSPS) is 14.4. The molecule has 0 atom stereocenters. The van der Waals surface area contributed by atoms with E-state index < -0.39 is 35.2 Å². The van der Waals surface area contributed by atoms with Crippen molar-refractivity contribution in [1.29, 1.82) is 0 Å². The van der Waals surface area contributed by atoms with Crippen molar-refractivity contribution in [2.45, 2.75) is 59.2 Å². The zero-order valence-corrected chi connectivity index (χ0v) is 21.6. The number of anilines is 1. The number of rotatable bonds is 9. The number of hydrogen-bond acceptors (Lipinski definition) is 5. The maximum absolute atomic E-state index is 12.8. The molecule has 0 saturated carbocycles. The summed E-state index contributed by atoms with van der Waals surface area (Å²) in [7, 11) is 0. The number of esters is 1. The zero-order valence-electron chi connectivity index (χ0n) is 21.6. The fourth-order valence-corrected chi connectivity index (χ4v) is 4.18. The molecule has 2 aromatic rings. The zero-order chi connectivity index (χ0) is 27.5. The number of aryl methyl sites for hydroxylation is 3. The Bertz CT molecular complexity index is 1150. The Hall–Kier alpha value is -3.56. The van der Waals surface area contributed by atoms with E-state index in [1.54, 1.807) is 20.8 Å². The molecular weight excluding hydrogens is 489 g/mol. The molecule has 1 heterocycles. The fraction of sp³-hybridized carbons (Fsp3) is 0.444. The highest BCUT2D eigenvalue weighted by Crippen LogP contribution is 2.32. The monoisotopic (exact) mass is 520 g/mol. The van der Waals surface area contributed by atoms with Crippen LogP contribution in [-0.4, -0.2) is 48.1 Å². The summed E-state index contributed by atoms with van der Waals surface area (Å²) < 4.78 is 49.5. The van der Waals surface area contributed by atoms with Gasteiger partial charge in [0.1, 0.15) is 12.3 Å². The van der Waals surface area contributed by atoms with Crippen LogP contribution in [0.3, 0.4) is 0 Å². The minimum atomic E-state index is -4.48. The summed E-state index contributed by atoms with van der Waals surface area (Å²) in [6.45, 7) is 9.00. The molecule has 0 aromatic heterocycles. The van der Waals surface area contributed by atoms with Gasteiger partial charge in [-0.15, -0.1) is 0 Å². The summed E-state index contributed by atoms with van der Waals surface area (Å²) in [5.41, 5.74) is 0.931. The van der Waals surface area contributed by atoms with Crippen molar-refractivity contribution >= 4 is 23.6 Å². The van der Waals surface area contributed by atoms with Crippen LogP contribution in [0.25, 0.3) is 0 Å². The van der Waals surface area contributed by atoms with Gasteiger partial charge in [0.25, 0.3) is 5.91 Å². The van der Waals surface area contributed by atoms with E-state index in [9.17, 15) is 27.6 Å². The van der Waals surface area contributed by atoms with Crippen molar-refractivity contribution in [3.05, 3.63) is 58.7 Å². The second-order valence-corrected chi connectivity index (χ2v) is 9.45. The van der Waals surface area contributed by atoms with Crippen molar-refractivity contribution in [2.24, 2.45) is 0 Å². The Morgan fingerprint density at radius 2 is 1.62 bits per heavy atom. The van der Waals surface area contributed by atoms with Gasteiger partial charge < -0.3 is 9.47 Å². The van der Waals surface area contributed by atoms with E-state index in [0.717, 1.165) is 33.7 Å². The van der Waals surface area contributed by atoms with Gasteiger partial charge in [0, 0.05) is 12.2 Å². The molecule has 1 aliphatic heterocycles. The van der Waals surface area contributed by atoms with Crippen LogP contribution in [0.1, 0.15) is 49.4 Å². The predicted molar refractivity (Wildman–Crippen MR) is 131 cm³/mol. The van der Waals surface area contributed by atoms with Gasteiger partial charge in [-0.3, -0.25) is 14.6 Å². The maximum Gasteiger partial charge on any atom is 0.416 e. The number of carbonyl (C=O) groups excluding carboxylic acids is 3. The molecule has 0 bridgehead atoms. The summed E-state index contributed by atoms with van der Waals surface area (Å²) in [4.78, 5) is 39.7. The van der Waals surface area contributed by atoms with Crippen molar-refractivity contribution in [3.63, 3.8) is 0 Å². The Morgan fingerprint density at radius 1 is 1.03 bits per heavy atom. The molecule has 1 fully saturated rings. The van der Waals surface area contributed by atoms with Crippen LogP contribution in [0, 0.1) is 13.8 Å². The van der Waals surface area contributed by atoms with Gasteiger partial charge in [-0.2, -0.15) is 13.2 Å². The molecule has 3 amide bonds. The third-order valence-electron chi connectivity index (χ3n) is 6.05. The third-order valence-corrected chi connectivity index (χ3v) is 6.05. The first-order chi connectivity index (χ1) is 17.2. The molecular formula is C27H31F3N2O5. The van der Waals surface area contributed by atoms with Crippen LogP contribution in [0.2, 0.25) is 0 Å². The highest BCUT2D eigenvalue weighted by Gasteiger charge is 2.37. The number of benzene rings is 2. The highest BCUT2D eigenvalue weighted by atomic mass is 19.4. The van der Waals surface area contributed by atoms with E-state index in [2.05, 4.69) is 0 Å². The summed E-state index contributed by atoms with van der Waals surface area (Å²) in [6, 6.07) is 7.48. The van der Waals surface area contributed by atoms with Gasteiger partial charge in [0.2, 0.25) is 0 Å². The lowest BCUT2D eigenvalue weighted by molar-refractivity contribution is -0.158. The number of hydrogen-bond donors (Lipinski definition) is 0. The van der Waals surface area contributed by atoms with Crippen LogP contribution < -0.4 is 9.64 Å². The molecule has 0 spiro atoms. The summed E-state index contributed by atoms with van der Waals surface area (Å²) in [5, 5.41) is 0. The number of alkyl halides is 3. The van der Waals surface area contributed by atoms with E-state index in [-0.39, 0.29) is 25.4 Å². The number of nitrogens with zero attached hydrogens (tertiary/aromatic N) is 2. The number of halogens is 3. The minimum Gasteiger partial charge on any atom is -0.476 e. The smallest absolute Gasteiger partial charge is 0.416 e. The van der Waals surface area contributed by atoms with Gasteiger partial charge in [0.05, 0.1) is 12.2 Å². The first-order valence-electron chi connectivity index (χ1n) is 12.0. The van der Waals surface area contributed by atoms with Crippen molar-refractivity contribution in [3.8, 4) is 5.75 Å². The molecule has 0 aliphatic carbocycles. The van der Waals surface area contributed by atoms with Gasteiger partial charge in [-0.1, -0.05) is 12.1 Å². The van der Waals surface area contributed by atoms with E-state index >= 15 is 0 Å². The van der Waals surface area contributed by atoms with Gasteiger partial charge in [-0.05, 0) is 88.4 Å². The Balaban J connectivity index is 1.62. The lowest BCUT2D eigenvalue weighted by atomic mass is 10.0. The number of imide groups is 1. The second kappa shape index (κ2) is 10.8. The lowest BCUT2D eigenvalue weighted by Gasteiger charge is -2.26. The topological polar surface area (TPSA) is 76.2 Å². The lowest BCUT2D eigenvalue weighted by Crippen LogP contribution is -2.40. The maximum atomic E-state index is 12.8. The average molecular weight is 521 g/mol. The van der Waals surface area contributed by atoms with Gasteiger partial charge in [0.15, 0.2) is 5.60 Å². The average Bonchev–Trinajstić information content (AvgIpc) is 3.09. The molecule has 7 nitrogen and oxygen atoms in total. The Kier molecular flexibility index (Phi) is 8.19. The SMILES string of the molecule is CCOC(=O)C(C)(C)Oc1c(C)cc(CCCN2C(=O)CN(c3ccc(C(F)(F)F)cc3)C2=O)cc1C.